The van der Waals surface area contributed by atoms with Crippen molar-refractivity contribution in [2.45, 2.75) is 76.9 Å². The van der Waals surface area contributed by atoms with Crippen LogP contribution in [0, 0.1) is 12.8 Å². The van der Waals surface area contributed by atoms with Crippen LogP contribution in [0.5, 0.6) is 17.2 Å². The molecule has 1 saturated heterocycles. The number of amides is 1. The highest BCUT2D eigenvalue weighted by molar-refractivity contribution is 5.89. The fourth-order valence-electron chi connectivity index (χ4n) is 5.91. The number of rotatable bonds is 9. The van der Waals surface area contributed by atoms with E-state index in [9.17, 15) is 9.59 Å². The molecule has 2 atom stereocenters. The highest BCUT2D eigenvalue weighted by Gasteiger charge is 2.40. The Morgan fingerprint density at radius 1 is 0.974 bits per heavy atom. The number of carbonyl (C=O) groups is 2. The monoisotopic (exact) mass is 527 g/mol. The molecule has 0 N–H and O–H groups in total. The molecule has 208 valence electrons. The van der Waals surface area contributed by atoms with Crippen molar-refractivity contribution < 1.29 is 28.5 Å². The summed E-state index contributed by atoms with van der Waals surface area (Å²) in [4.78, 5) is 29.5. The summed E-state index contributed by atoms with van der Waals surface area (Å²) in [6.07, 6.45) is 9.37. The summed E-state index contributed by atoms with van der Waals surface area (Å²) in [5.41, 5.74) is 2.65. The number of piperidine rings is 1. The number of carbonyl (C=O) groups excluding carboxylic acids is 2. The summed E-state index contributed by atoms with van der Waals surface area (Å²) >= 11 is 0. The van der Waals surface area contributed by atoms with Crippen molar-refractivity contribution in [1.29, 1.82) is 0 Å². The molecule has 1 aromatic heterocycles. The zero-order valence-corrected chi connectivity index (χ0v) is 23.3. The molecule has 0 bridgehead atoms. The molecule has 2 aromatic rings. The van der Waals surface area contributed by atoms with Gasteiger partial charge in [0, 0.05) is 24.8 Å². The Bertz CT molecular complexity index is 1100. The number of ether oxygens (including phenoxy) is 4. The van der Waals surface area contributed by atoms with Gasteiger partial charge in [0.25, 0.3) is 0 Å². The lowest BCUT2D eigenvalue weighted by Crippen LogP contribution is -2.51. The molecule has 2 heterocycles. The first-order chi connectivity index (χ1) is 18.4. The molecule has 9 nitrogen and oxygen atoms in total. The number of aromatic nitrogens is 2. The molecule has 9 heteroatoms. The van der Waals surface area contributed by atoms with Gasteiger partial charge in [0.15, 0.2) is 11.5 Å². The number of nitrogens with zero attached hydrogens (tertiary/aromatic N) is 3. The van der Waals surface area contributed by atoms with E-state index >= 15 is 0 Å². The van der Waals surface area contributed by atoms with Gasteiger partial charge in [-0.3, -0.25) is 9.48 Å². The molecule has 1 aromatic carbocycles. The van der Waals surface area contributed by atoms with Crippen LogP contribution in [0.15, 0.2) is 18.3 Å². The Kier molecular flexibility index (Phi) is 9.17. The van der Waals surface area contributed by atoms with Crippen molar-refractivity contribution in [3.63, 3.8) is 0 Å². The van der Waals surface area contributed by atoms with Gasteiger partial charge in [-0.2, -0.15) is 5.10 Å². The Morgan fingerprint density at radius 3 is 2.21 bits per heavy atom. The molecule has 38 heavy (non-hydrogen) atoms. The third-order valence-corrected chi connectivity index (χ3v) is 8.20. The minimum atomic E-state index is -0.596. The highest BCUT2D eigenvalue weighted by atomic mass is 16.5. The van der Waals surface area contributed by atoms with Crippen molar-refractivity contribution in [3.05, 3.63) is 35.2 Å². The number of methoxy groups -OCH3 is 3. The van der Waals surface area contributed by atoms with Crippen LogP contribution in [0.3, 0.4) is 0 Å². The predicted molar refractivity (Wildman–Crippen MR) is 143 cm³/mol. The SMILES string of the molecule is COc1cc([C@@H](C(=O)N2CCCC[C@H]2C(=O)OCc2cnn(C)c2C)C2CCCCC2)cc(OC)c1OC. The highest BCUT2D eigenvalue weighted by Crippen LogP contribution is 2.45. The second kappa shape index (κ2) is 12.5. The van der Waals surface area contributed by atoms with Crippen LogP contribution in [-0.4, -0.2) is 60.5 Å². The zero-order chi connectivity index (χ0) is 27.2. The number of hydrogen-bond donors (Lipinski definition) is 0. The van der Waals surface area contributed by atoms with Gasteiger partial charge < -0.3 is 23.8 Å². The summed E-state index contributed by atoms with van der Waals surface area (Å²) < 4.78 is 24.2. The molecule has 1 amide bonds. The van der Waals surface area contributed by atoms with Gasteiger partial charge in [-0.25, -0.2) is 4.79 Å². The Morgan fingerprint density at radius 2 is 1.63 bits per heavy atom. The minimum Gasteiger partial charge on any atom is -0.493 e. The minimum absolute atomic E-state index is 0.0228. The van der Waals surface area contributed by atoms with Gasteiger partial charge >= 0.3 is 5.97 Å². The van der Waals surface area contributed by atoms with E-state index in [0.717, 1.165) is 55.3 Å². The lowest BCUT2D eigenvalue weighted by Gasteiger charge is -2.39. The fraction of sp³-hybridized carbons (Fsp3) is 0.621. The summed E-state index contributed by atoms with van der Waals surface area (Å²) in [5, 5.41) is 4.23. The van der Waals surface area contributed by atoms with E-state index in [0.29, 0.717) is 30.2 Å². The first-order valence-corrected chi connectivity index (χ1v) is 13.6. The maximum Gasteiger partial charge on any atom is 0.329 e. The standard InChI is InChI=1S/C29H41N3O6/c1-19-22(17-30-31(19)2)18-38-29(34)23-13-9-10-14-32(23)28(33)26(20-11-7-6-8-12-20)21-15-24(35-3)27(37-5)25(16-21)36-4/h15-17,20,23,26H,6-14,18H2,1-5H3/t23-,26-/m0/s1. The maximum atomic E-state index is 14.4. The topological polar surface area (TPSA) is 92.1 Å². The lowest BCUT2D eigenvalue weighted by molar-refractivity contribution is -0.159. The van der Waals surface area contributed by atoms with Gasteiger partial charge in [-0.1, -0.05) is 19.3 Å². The predicted octanol–water partition coefficient (Wildman–Crippen LogP) is 4.54. The van der Waals surface area contributed by atoms with Crippen LogP contribution >= 0.6 is 0 Å². The first-order valence-electron chi connectivity index (χ1n) is 13.6. The average Bonchev–Trinajstić information content (AvgIpc) is 3.28. The molecule has 0 radical (unpaired) electrons. The molecule has 1 saturated carbocycles. The molecule has 1 aliphatic heterocycles. The van der Waals surface area contributed by atoms with E-state index < -0.39 is 12.0 Å². The summed E-state index contributed by atoms with van der Waals surface area (Å²) in [6.45, 7) is 2.63. The fourth-order valence-corrected chi connectivity index (χ4v) is 5.91. The van der Waals surface area contributed by atoms with Crippen molar-refractivity contribution in [2.75, 3.05) is 27.9 Å². The van der Waals surface area contributed by atoms with Crippen molar-refractivity contribution in [2.24, 2.45) is 13.0 Å². The number of hydrogen-bond acceptors (Lipinski definition) is 7. The summed E-state index contributed by atoms with van der Waals surface area (Å²) in [7, 11) is 6.59. The quantitative estimate of drug-likeness (QED) is 0.442. The molecular formula is C29H41N3O6. The van der Waals surface area contributed by atoms with E-state index in [1.807, 2.05) is 26.1 Å². The van der Waals surface area contributed by atoms with Gasteiger partial charge in [-0.15, -0.1) is 0 Å². The number of benzene rings is 1. The Balaban J connectivity index is 1.63. The van der Waals surface area contributed by atoms with Crippen molar-refractivity contribution in [1.82, 2.24) is 14.7 Å². The molecule has 1 aliphatic carbocycles. The second-order valence-electron chi connectivity index (χ2n) is 10.4. The van der Waals surface area contributed by atoms with Crippen LogP contribution in [0.25, 0.3) is 0 Å². The van der Waals surface area contributed by atoms with Crippen LogP contribution in [0.4, 0.5) is 0 Å². The third kappa shape index (κ3) is 5.76. The third-order valence-electron chi connectivity index (χ3n) is 8.20. The molecule has 4 rings (SSSR count). The van der Waals surface area contributed by atoms with Crippen LogP contribution in [0.2, 0.25) is 0 Å². The number of esters is 1. The van der Waals surface area contributed by atoms with Crippen LogP contribution < -0.4 is 14.2 Å². The van der Waals surface area contributed by atoms with E-state index in [4.69, 9.17) is 18.9 Å². The van der Waals surface area contributed by atoms with Crippen LogP contribution in [0.1, 0.15) is 74.1 Å². The van der Waals surface area contributed by atoms with Crippen molar-refractivity contribution >= 4 is 11.9 Å². The average molecular weight is 528 g/mol. The molecule has 0 spiro atoms. The Hall–Kier alpha value is -3.23. The van der Waals surface area contributed by atoms with Gasteiger partial charge in [0.1, 0.15) is 12.6 Å². The van der Waals surface area contributed by atoms with E-state index in [1.165, 1.54) is 6.42 Å². The molecule has 2 aliphatic rings. The Labute approximate surface area is 225 Å². The summed E-state index contributed by atoms with van der Waals surface area (Å²) in [5.74, 6) is 0.945. The van der Waals surface area contributed by atoms with E-state index in [-0.39, 0.29) is 24.4 Å². The molecule has 2 fully saturated rings. The maximum absolute atomic E-state index is 14.4. The van der Waals surface area contributed by atoms with E-state index in [1.54, 1.807) is 37.1 Å². The zero-order valence-electron chi connectivity index (χ0n) is 23.3. The first kappa shape index (κ1) is 27.8. The molecule has 0 unspecified atom stereocenters. The second-order valence-corrected chi connectivity index (χ2v) is 10.4. The molecular weight excluding hydrogens is 486 g/mol. The lowest BCUT2D eigenvalue weighted by atomic mass is 9.75. The summed E-state index contributed by atoms with van der Waals surface area (Å²) in [6, 6.07) is 3.18. The van der Waals surface area contributed by atoms with Crippen molar-refractivity contribution in [3.8, 4) is 17.2 Å². The van der Waals surface area contributed by atoms with Gasteiger partial charge in [-0.05, 0) is 62.6 Å². The van der Waals surface area contributed by atoms with Gasteiger partial charge in [0.05, 0.1) is 33.4 Å². The smallest absolute Gasteiger partial charge is 0.329 e. The number of aryl methyl sites for hydroxylation is 1. The normalized spacial score (nSPS) is 19.1. The van der Waals surface area contributed by atoms with E-state index in [2.05, 4.69) is 5.10 Å². The van der Waals surface area contributed by atoms with Gasteiger partial charge in [0.2, 0.25) is 11.7 Å². The van der Waals surface area contributed by atoms with Crippen LogP contribution in [-0.2, 0) is 28.0 Å². The number of likely N-dealkylation sites (tertiary alicyclic amines) is 1. The largest absolute Gasteiger partial charge is 0.493 e.